The second-order valence-corrected chi connectivity index (χ2v) is 7.02. The van der Waals surface area contributed by atoms with Gasteiger partial charge in [-0.25, -0.2) is 13.1 Å². The molecule has 5 nitrogen and oxygen atoms in total. The van der Waals surface area contributed by atoms with Crippen LogP contribution in [0.15, 0.2) is 17.0 Å². The molecule has 0 aromatic heterocycles. The Morgan fingerprint density at radius 3 is 2.57 bits per heavy atom. The summed E-state index contributed by atoms with van der Waals surface area (Å²) in [6.07, 6.45) is 0. The fourth-order valence-corrected chi connectivity index (χ4v) is 3.92. The summed E-state index contributed by atoms with van der Waals surface area (Å²) in [5.41, 5.74) is 0.557. The molecule has 1 atom stereocenters. The smallest absolute Gasteiger partial charge is 0.242 e. The van der Waals surface area contributed by atoms with Crippen LogP contribution in [0.25, 0.3) is 0 Å². The molecule has 0 aliphatic carbocycles. The topological polar surface area (TPSA) is 67.4 Å². The minimum atomic E-state index is -3.73. The largest absolute Gasteiger partial charge is 0.380 e. The zero-order chi connectivity index (χ0) is 16.0. The lowest BCUT2D eigenvalue weighted by Crippen LogP contribution is -2.36. The van der Waals surface area contributed by atoms with Crippen molar-refractivity contribution in [2.75, 3.05) is 20.3 Å². The number of ether oxygens (including phenoxy) is 1. The van der Waals surface area contributed by atoms with Gasteiger partial charge in [-0.05, 0) is 33.0 Å². The van der Waals surface area contributed by atoms with Gasteiger partial charge in [0.1, 0.15) is 4.90 Å². The Kier molecular flexibility index (Phi) is 7.39. The highest BCUT2D eigenvalue weighted by atomic mass is 35.5. The van der Waals surface area contributed by atoms with Gasteiger partial charge in [-0.1, -0.05) is 23.2 Å². The lowest BCUT2D eigenvalue weighted by molar-refractivity contribution is 0.133. The van der Waals surface area contributed by atoms with Crippen LogP contribution in [0, 0.1) is 0 Å². The minimum Gasteiger partial charge on any atom is -0.380 e. The van der Waals surface area contributed by atoms with Crippen LogP contribution >= 0.6 is 23.2 Å². The molecule has 0 spiro atoms. The van der Waals surface area contributed by atoms with E-state index in [2.05, 4.69) is 10.0 Å². The standard InChI is InChI=1S/C13H20Cl2N2O3S/c1-4-20-8-9(2)17-21(18,19)12-6-5-11(14)10(7-16-3)13(12)15/h5-6,9,16-17H,4,7-8H2,1-3H3. The Balaban J connectivity index is 3.06. The Morgan fingerprint density at radius 1 is 1.33 bits per heavy atom. The summed E-state index contributed by atoms with van der Waals surface area (Å²) in [4.78, 5) is 0.0159. The zero-order valence-corrected chi connectivity index (χ0v) is 14.6. The molecule has 120 valence electrons. The van der Waals surface area contributed by atoms with Gasteiger partial charge in [0.2, 0.25) is 10.0 Å². The van der Waals surface area contributed by atoms with Gasteiger partial charge < -0.3 is 10.1 Å². The lowest BCUT2D eigenvalue weighted by Gasteiger charge is -2.16. The first-order valence-corrected chi connectivity index (χ1v) is 8.79. The van der Waals surface area contributed by atoms with E-state index in [1.165, 1.54) is 12.1 Å². The molecule has 2 N–H and O–H groups in total. The number of nitrogens with one attached hydrogen (secondary N) is 2. The van der Waals surface area contributed by atoms with Crippen LogP contribution in [0.3, 0.4) is 0 Å². The van der Waals surface area contributed by atoms with Gasteiger partial charge in [0.05, 0.1) is 11.6 Å². The van der Waals surface area contributed by atoms with Crippen LogP contribution in [0.2, 0.25) is 10.0 Å². The van der Waals surface area contributed by atoms with E-state index in [1.807, 2.05) is 6.92 Å². The number of sulfonamides is 1. The monoisotopic (exact) mass is 354 g/mol. The van der Waals surface area contributed by atoms with Crippen molar-refractivity contribution < 1.29 is 13.2 Å². The Labute approximate surface area is 136 Å². The first-order chi connectivity index (χ1) is 9.83. The first-order valence-electron chi connectivity index (χ1n) is 6.55. The van der Waals surface area contributed by atoms with Crippen LogP contribution in [0.5, 0.6) is 0 Å². The normalized spacial score (nSPS) is 13.4. The van der Waals surface area contributed by atoms with Gasteiger partial charge in [-0.15, -0.1) is 0 Å². The highest BCUT2D eigenvalue weighted by Gasteiger charge is 2.23. The van der Waals surface area contributed by atoms with Gasteiger partial charge in [-0.2, -0.15) is 0 Å². The molecule has 0 amide bonds. The molecule has 0 aliphatic heterocycles. The van der Waals surface area contributed by atoms with Crippen LogP contribution in [-0.4, -0.2) is 34.7 Å². The van der Waals surface area contributed by atoms with Gasteiger partial charge in [0.25, 0.3) is 0 Å². The quantitative estimate of drug-likeness (QED) is 0.752. The second kappa shape index (κ2) is 8.31. The van der Waals surface area contributed by atoms with Gasteiger partial charge in [0.15, 0.2) is 0 Å². The molecule has 1 aromatic carbocycles. The van der Waals surface area contributed by atoms with E-state index in [1.54, 1.807) is 14.0 Å². The molecular weight excluding hydrogens is 335 g/mol. The summed E-state index contributed by atoms with van der Waals surface area (Å²) in [6.45, 7) is 4.78. The summed E-state index contributed by atoms with van der Waals surface area (Å²) in [7, 11) is -1.99. The summed E-state index contributed by atoms with van der Waals surface area (Å²) < 4.78 is 32.5. The summed E-state index contributed by atoms with van der Waals surface area (Å²) in [5.74, 6) is 0. The third-order valence-corrected chi connectivity index (χ3v) is 5.25. The predicted octanol–water partition coefficient (Wildman–Crippen LogP) is 2.42. The molecule has 0 bridgehead atoms. The average molecular weight is 355 g/mol. The van der Waals surface area contributed by atoms with Gasteiger partial charge in [0, 0.05) is 29.8 Å². The predicted molar refractivity (Wildman–Crippen MR) is 85.5 cm³/mol. The third kappa shape index (κ3) is 5.09. The molecule has 0 saturated heterocycles. The van der Waals surface area contributed by atoms with Crippen LogP contribution in [-0.2, 0) is 21.3 Å². The van der Waals surface area contributed by atoms with E-state index in [9.17, 15) is 8.42 Å². The van der Waals surface area contributed by atoms with Gasteiger partial charge in [-0.3, -0.25) is 0 Å². The number of hydrogen-bond acceptors (Lipinski definition) is 4. The van der Waals surface area contributed by atoms with Crippen molar-refractivity contribution in [2.24, 2.45) is 0 Å². The van der Waals surface area contributed by atoms with Gasteiger partial charge >= 0.3 is 0 Å². The fourth-order valence-electron chi connectivity index (χ4n) is 1.78. The highest BCUT2D eigenvalue weighted by Crippen LogP contribution is 2.31. The maximum Gasteiger partial charge on any atom is 0.242 e. The van der Waals surface area contributed by atoms with Crippen molar-refractivity contribution in [1.82, 2.24) is 10.0 Å². The van der Waals surface area contributed by atoms with Crippen LogP contribution in [0.4, 0.5) is 0 Å². The Morgan fingerprint density at radius 2 is 2.00 bits per heavy atom. The molecule has 1 unspecified atom stereocenters. The van der Waals surface area contributed by atoms with Crippen molar-refractivity contribution in [3.63, 3.8) is 0 Å². The molecule has 0 fully saturated rings. The molecule has 8 heteroatoms. The Hall–Kier alpha value is -0.370. The molecular formula is C13H20Cl2N2O3S. The number of rotatable bonds is 8. The number of halogens is 2. The van der Waals surface area contributed by atoms with Crippen molar-refractivity contribution in [3.05, 3.63) is 27.7 Å². The summed E-state index contributed by atoms with van der Waals surface area (Å²) in [6, 6.07) is 2.58. The van der Waals surface area contributed by atoms with E-state index >= 15 is 0 Å². The summed E-state index contributed by atoms with van der Waals surface area (Å²) >= 11 is 12.2. The molecule has 1 rings (SSSR count). The van der Waals surface area contributed by atoms with Crippen LogP contribution < -0.4 is 10.0 Å². The van der Waals surface area contributed by atoms with Crippen molar-refractivity contribution in [1.29, 1.82) is 0 Å². The molecule has 0 saturated carbocycles. The third-order valence-electron chi connectivity index (χ3n) is 2.72. The van der Waals surface area contributed by atoms with Crippen molar-refractivity contribution in [3.8, 4) is 0 Å². The minimum absolute atomic E-state index is 0.0159. The highest BCUT2D eigenvalue weighted by molar-refractivity contribution is 7.89. The van der Waals surface area contributed by atoms with E-state index in [0.717, 1.165) is 0 Å². The SMILES string of the molecule is CCOCC(C)NS(=O)(=O)c1ccc(Cl)c(CNC)c1Cl. The molecule has 1 aromatic rings. The number of benzene rings is 1. The van der Waals surface area contributed by atoms with E-state index in [-0.39, 0.29) is 16.0 Å². The van der Waals surface area contributed by atoms with E-state index < -0.39 is 10.0 Å². The van der Waals surface area contributed by atoms with E-state index in [4.69, 9.17) is 27.9 Å². The maximum absolute atomic E-state index is 12.4. The Bertz CT molecular complexity index is 579. The molecule has 0 heterocycles. The fraction of sp³-hybridized carbons (Fsp3) is 0.538. The van der Waals surface area contributed by atoms with E-state index in [0.29, 0.717) is 30.3 Å². The first kappa shape index (κ1) is 18.7. The summed E-state index contributed by atoms with van der Waals surface area (Å²) in [5, 5.41) is 3.47. The van der Waals surface area contributed by atoms with Crippen molar-refractivity contribution in [2.45, 2.75) is 31.3 Å². The molecule has 0 aliphatic rings. The molecule has 21 heavy (non-hydrogen) atoms. The average Bonchev–Trinajstić information content (AvgIpc) is 2.40. The van der Waals surface area contributed by atoms with Crippen LogP contribution in [0.1, 0.15) is 19.4 Å². The second-order valence-electron chi connectivity index (χ2n) is 4.55. The maximum atomic E-state index is 12.4. The van der Waals surface area contributed by atoms with Crippen molar-refractivity contribution >= 4 is 33.2 Å². The lowest BCUT2D eigenvalue weighted by atomic mass is 10.2. The number of hydrogen-bond donors (Lipinski definition) is 2. The zero-order valence-electron chi connectivity index (χ0n) is 12.2. The molecule has 0 radical (unpaired) electrons.